The smallest absolute Gasteiger partial charge is 0.174 e. The van der Waals surface area contributed by atoms with E-state index in [9.17, 15) is 4.39 Å². The summed E-state index contributed by atoms with van der Waals surface area (Å²) in [6.45, 7) is 3.00. The average Bonchev–Trinajstić information content (AvgIpc) is 2.93. The van der Waals surface area contributed by atoms with Gasteiger partial charge in [-0.1, -0.05) is 12.1 Å². The first-order chi connectivity index (χ1) is 10.6. The van der Waals surface area contributed by atoms with E-state index in [0.717, 1.165) is 32.0 Å². The Morgan fingerprint density at radius 1 is 1.18 bits per heavy atom. The summed E-state index contributed by atoms with van der Waals surface area (Å²) in [4.78, 5) is 4.14. The summed E-state index contributed by atoms with van der Waals surface area (Å²) in [5.74, 6) is 0.564. The minimum absolute atomic E-state index is 0.176. The fraction of sp³-hybridized carbons (Fsp3) is 0.333. The van der Waals surface area contributed by atoms with Gasteiger partial charge >= 0.3 is 0 Å². The molecule has 5 nitrogen and oxygen atoms in total. The molecule has 1 aromatic carbocycles. The zero-order chi connectivity index (χ0) is 15.5. The molecule has 1 aliphatic rings. The monoisotopic (exact) mass is 319 g/mol. The average molecular weight is 319 g/mol. The van der Waals surface area contributed by atoms with Crippen molar-refractivity contribution < 1.29 is 4.39 Å². The molecule has 0 saturated carbocycles. The van der Waals surface area contributed by atoms with Crippen LogP contribution in [0.15, 0.2) is 36.5 Å². The first-order valence-corrected chi connectivity index (χ1v) is 7.59. The Balaban J connectivity index is 1.57. The van der Waals surface area contributed by atoms with Gasteiger partial charge in [-0.15, -0.1) is 0 Å². The third-order valence-corrected chi connectivity index (χ3v) is 4.07. The molecule has 1 aromatic heterocycles. The maximum absolute atomic E-state index is 13.8. The molecule has 0 radical (unpaired) electrons. The van der Waals surface area contributed by atoms with E-state index in [0.29, 0.717) is 10.8 Å². The van der Waals surface area contributed by atoms with Crippen molar-refractivity contribution in [3.63, 3.8) is 0 Å². The lowest BCUT2D eigenvalue weighted by Crippen LogP contribution is -2.50. The molecule has 116 valence electrons. The van der Waals surface area contributed by atoms with E-state index < -0.39 is 0 Å². The fourth-order valence-corrected chi connectivity index (χ4v) is 2.82. The van der Waals surface area contributed by atoms with Crippen molar-refractivity contribution in [1.29, 1.82) is 0 Å². The highest BCUT2D eigenvalue weighted by Crippen LogP contribution is 2.20. The molecule has 1 N–H and O–H groups in total. The van der Waals surface area contributed by atoms with Crippen LogP contribution >= 0.6 is 12.2 Å². The SMILES string of the molecule is Cn1ccc(NC(=S)N2CCN(c3ccccc3F)CC2)n1. The van der Waals surface area contributed by atoms with Gasteiger partial charge in [0.15, 0.2) is 10.9 Å². The Morgan fingerprint density at radius 2 is 1.91 bits per heavy atom. The second-order valence-electron chi connectivity index (χ2n) is 5.23. The van der Waals surface area contributed by atoms with E-state index in [-0.39, 0.29) is 5.82 Å². The first-order valence-electron chi connectivity index (χ1n) is 7.18. The Labute approximate surface area is 134 Å². The summed E-state index contributed by atoms with van der Waals surface area (Å²) in [6, 6.07) is 8.76. The number of anilines is 2. The minimum atomic E-state index is -0.176. The summed E-state index contributed by atoms with van der Waals surface area (Å²) in [5.41, 5.74) is 0.658. The molecule has 0 atom stereocenters. The molecular formula is C15H18FN5S. The standard InChI is InChI=1S/C15H18FN5S/c1-19-7-6-14(18-19)17-15(22)21-10-8-20(9-11-21)13-5-3-2-4-12(13)16/h2-7H,8-11H2,1H3,(H,17,18,22). The Kier molecular flexibility index (Phi) is 4.24. The van der Waals surface area contributed by atoms with Gasteiger partial charge < -0.3 is 15.1 Å². The third-order valence-electron chi connectivity index (χ3n) is 3.71. The van der Waals surface area contributed by atoms with Crippen molar-refractivity contribution in [2.24, 2.45) is 7.05 Å². The summed E-state index contributed by atoms with van der Waals surface area (Å²) in [6.07, 6.45) is 1.86. The van der Waals surface area contributed by atoms with Gasteiger partial charge in [0.2, 0.25) is 0 Å². The highest BCUT2D eigenvalue weighted by atomic mass is 32.1. The number of aryl methyl sites for hydroxylation is 1. The molecule has 2 aromatic rings. The molecule has 7 heteroatoms. The molecule has 1 aliphatic heterocycles. The second kappa shape index (κ2) is 6.31. The number of nitrogens with one attached hydrogen (secondary N) is 1. The highest BCUT2D eigenvalue weighted by Gasteiger charge is 2.21. The predicted octanol–water partition coefficient (Wildman–Crippen LogP) is 2.08. The van der Waals surface area contributed by atoms with Crippen molar-refractivity contribution in [2.45, 2.75) is 0 Å². The van der Waals surface area contributed by atoms with E-state index in [1.54, 1.807) is 10.7 Å². The Hall–Kier alpha value is -2.15. The molecule has 0 unspecified atom stereocenters. The maximum Gasteiger partial charge on any atom is 0.174 e. The number of hydrogen-bond donors (Lipinski definition) is 1. The van der Waals surface area contributed by atoms with Crippen molar-refractivity contribution >= 4 is 28.8 Å². The van der Waals surface area contributed by atoms with Gasteiger partial charge in [-0.05, 0) is 24.4 Å². The molecule has 0 bridgehead atoms. The van der Waals surface area contributed by atoms with Gasteiger partial charge in [0, 0.05) is 45.5 Å². The summed E-state index contributed by atoms with van der Waals surface area (Å²) in [5, 5.41) is 8.04. The normalized spacial score (nSPS) is 15.0. The van der Waals surface area contributed by atoms with Crippen LogP contribution in [0.1, 0.15) is 0 Å². The number of halogens is 1. The predicted molar refractivity (Wildman–Crippen MR) is 89.6 cm³/mol. The van der Waals surface area contributed by atoms with Gasteiger partial charge in [0.1, 0.15) is 5.82 Å². The molecule has 22 heavy (non-hydrogen) atoms. The van der Waals surface area contributed by atoms with Crippen molar-refractivity contribution in [1.82, 2.24) is 14.7 Å². The number of nitrogens with zero attached hydrogens (tertiary/aromatic N) is 4. The Bertz CT molecular complexity index is 663. The fourth-order valence-electron chi connectivity index (χ4n) is 2.53. The molecule has 0 spiro atoms. The zero-order valence-electron chi connectivity index (χ0n) is 12.4. The van der Waals surface area contributed by atoms with Gasteiger partial charge in [0.05, 0.1) is 5.69 Å². The second-order valence-corrected chi connectivity index (χ2v) is 5.62. The van der Waals surface area contributed by atoms with E-state index in [1.807, 2.05) is 31.4 Å². The lowest BCUT2D eigenvalue weighted by molar-refractivity contribution is 0.388. The van der Waals surface area contributed by atoms with Crippen LogP contribution in [-0.4, -0.2) is 46.0 Å². The number of para-hydroxylation sites is 1. The third kappa shape index (κ3) is 3.19. The number of hydrogen-bond acceptors (Lipinski definition) is 3. The first kappa shape index (κ1) is 14.8. The van der Waals surface area contributed by atoms with Gasteiger partial charge in [-0.3, -0.25) is 4.68 Å². The maximum atomic E-state index is 13.8. The summed E-state index contributed by atoms with van der Waals surface area (Å²) >= 11 is 5.42. The van der Waals surface area contributed by atoms with E-state index in [4.69, 9.17) is 12.2 Å². The van der Waals surface area contributed by atoms with Crippen LogP contribution in [-0.2, 0) is 7.05 Å². The molecule has 1 saturated heterocycles. The number of aromatic nitrogens is 2. The molecule has 2 heterocycles. The number of benzene rings is 1. The van der Waals surface area contributed by atoms with Crippen LogP contribution in [0.5, 0.6) is 0 Å². The van der Waals surface area contributed by atoms with Crippen LogP contribution in [0, 0.1) is 5.82 Å². The van der Waals surface area contributed by atoms with E-state index in [1.165, 1.54) is 6.07 Å². The minimum Gasteiger partial charge on any atom is -0.366 e. The van der Waals surface area contributed by atoms with E-state index >= 15 is 0 Å². The van der Waals surface area contributed by atoms with Crippen LogP contribution in [0.3, 0.4) is 0 Å². The number of rotatable bonds is 2. The lowest BCUT2D eigenvalue weighted by Gasteiger charge is -2.37. The zero-order valence-corrected chi connectivity index (χ0v) is 13.2. The molecule has 0 aliphatic carbocycles. The van der Waals surface area contributed by atoms with Crippen LogP contribution < -0.4 is 10.2 Å². The Morgan fingerprint density at radius 3 is 2.55 bits per heavy atom. The molecule has 1 fully saturated rings. The van der Waals surface area contributed by atoms with Crippen molar-refractivity contribution in [3.8, 4) is 0 Å². The largest absolute Gasteiger partial charge is 0.366 e. The summed E-state index contributed by atoms with van der Waals surface area (Å²) < 4.78 is 15.5. The van der Waals surface area contributed by atoms with Crippen LogP contribution in [0.25, 0.3) is 0 Å². The van der Waals surface area contributed by atoms with Crippen molar-refractivity contribution in [3.05, 3.63) is 42.3 Å². The number of thiocarbonyl (C=S) groups is 1. The summed E-state index contributed by atoms with van der Waals surface area (Å²) in [7, 11) is 1.86. The topological polar surface area (TPSA) is 36.3 Å². The molecule has 3 rings (SSSR count). The van der Waals surface area contributed by atoms with Crippen molar-refractivity contribution in [2.75, 3.05) is 36.4 Å². The highest BCUT2D eigenvalue weighted by molar-refractivity contribution is 7.80. The number of piperazine rings is 1. The van der Waals surface area contributed by atoms with E-state index in [2.05, 4.69) is 20.2 Å². The quantitative estimate of drug-likeness (QED) is 0.858. The molecule has 0 amide bonds. The van der Waals surface area contributed by atoms with Gasteiger partial charge in [-0.2, -0.15) is 5.10 Å². The van der Waals surface area contributed by atoms with Gasteiger partial charge in [0.25, 0.3) is 0 Å². The van der Waals surface area contributed by atoms with Crippen LogP contribution in [0.2, 0.25) is 0 Å². The lowest BCUT2D eigenvalue weighted by atomic mass is 10.2. The van der Waals surface area contributed by atoms with Gasteiger partial charge in [-0.25, -0.2) is 4.39 Å². The molecular weight excluding hydrogens is 301 g/mol. The van der Waals surface area contributed by atoms with Crippen LogP contribution in [0.4, 0.5) is 15.9 Å².